The van der Waals surface area contributed by atoms with Crippen molar-refractivity contribution in [3.8, 4) is 11.1 Å². The maximum atomic E-state index is 12.9. The molecule has 9 nitrogen and oxygen atoms in total. The smallest absolute Gasteiger partial charge is 0.245 e. The Balaban J connectivity index is 1.49. The molecule has 1 aliphatic heterocycles. The minimum atomic E-state index is -3.65. The number of sulfonamides is 1. The van der Waals surface area contributed by atoms with Crippen molar-refractivity contribution in [1.29, 1.82) is 5.41 Å². The lowest BCUT2D eigenvalue weighted by atomic mass is 10.1. The third kappa shape index (κ3) is 5.72. The van der Waals surface area contributed by atoms with Crippen molar-refractivity contribution >= 4 is 33.3 Å². The number of nitrogens with one attached hydrogen (secondary N) is 3. The fourth-order valence-electron chi connectivity index (χ4n) is 4.16. The van der Waals surface area contributed by atoms with Gasteiger partial charge < -0.3 is 16.0 Å². The molecule has 4 rings (SSSR count). The summed E-state index contributed by atoms with van der Waals surface area (Å²) in [5.41, 5.74) is 9.10. The summed E-state index contributed by atoms with van der Waals surface area (Å²) in [6.45, 7) is 6.20. The van der Waals surface area contributed by atoms with Gasteiger partial charge in [-0.15, -0.1) is 0 Å². The molecule has 3 aromatic rings. The number of anilines is 2. The van der Waals surface area contributed by atoms with Gasteiger partial charge in [-0.25, -0.2) is 18.1 Å². The number of carbonyl (C=O) groups is 1. The van der Waals surface area contributed by atoms with Crippen molar-refractivity contribution < 1.29 is 13.2 Å². The number of hydrogen-bond acceptors (Lipinski definition) is 6. The molecule has 0 unspecified atom stereocenters. The van der Waals surface area contributed by atoms with Crippen LogP contribution in [0.2, 0.25) is 0 Å². The molecule has 1 aliphatic rings. The summed E-state index contributed by atoms with van der Waals surface area (Å²) in [7, 11) is -3.65. The van der Waals surface area contributed by atoms with Crippen LogP contribution in [0.5, 0.6) is 0 Å². The fourth-order valence-corrected chi connectivity index (χ4v) is 5.58. The summed E-state index contributed by atoms with van der Waals surface area (Å²) in [5.74, 6) is 0.206. The quantitative estimate of drug-likeness (QED) is 0.287. The molecule has 0 fully saturated rings. The summed E-state index contributed by atoms with van der Waals surface area (Å²) in [4.78, 5) is 19.4. The van der Waals surface area contributed by atoms with Gasteiger partial charge in [-0.05, 0) is 80.8 Å². The van der Waals surface area contributed by atoms with Gasteiger partial charge in [0.15, 0.2) is 0 Å². The Morgan fingerprint density at radius 2 is 1.86 bits per heavy atom. The van der Waals surface area contributed by atoms with Gasteiger partial charge in [0, 0.05) is 35.1 Å². The number of nitrogen functional groups attached to an aromatic ring is 1. The van der Waals surface area contributed by atoms with Crippen molar-refractivity contribution in [2.45, 2.75) is 37.6 Å². The van der Waals surface area contributed by atoms with E-state index >= 15 is 0 Å². The molecule has 0 aliphatic carbocycles. The third-order valence-corrected chi connectivity index (χ3v) is 7.47. The Bertz CT molecular complexity index is 1410. The highest BCUT2D eigenvalue weighted by atomic mass is 32.2. The van der Waals surface area contributed by atoms with Crippen LogP contribution < -0.4 is 20.7 Å². The lowest BCUT2D eigenvalue weighted by Crippen LogP contribution is -2.40. The lowest BCUT2D eigenvalue weighted by molar-refractivity contribution is -0.115. The van der Waals surface area contributed by atoms with Crippen molar-refractivity contribution in [3.63, 3.8) is 0 Å². The maximum absolute atomic E-state index is 12.9. The standard InChI is InChI=1S/C26H30N6O3S/c1-26(2,3)31-36(34,35)20-9-6-17(7-10-20)21-5-4-13-29-25(21)30-23(33)16-32-14-12-18-15-19(24(27)28)8-11-22(18)32/h4-11,13,15,31H,12,14,16H2,1-3H3,(H3,27,28)(H,29,30,33). The normalized spacial score (nSPS) is 13.4. The van der Waals surface area contributed by atoms with Crippen molar-refractivity contribution in [3.05, 3.63) is 71.9 Å². The Labute approximate surface area is 211 Å². The molecule has 0 saturated heterocycles. The van der Waals surface area contributed by atoms with E-state index < -0.39 is 15.6 Å². The zero-order chi connectivity index (χ0) is 26.1. The SMILES string of the molecule is CC(C)(C)NS(=O)(=O)c1ccc(-c2cccnc2NC(=O)CN2CCc3cc(C(=N)N)ccc32)cc1. The molecule has 0 radical (unpaired) electrons. The summed E-state index contributed by atoms with van der Waals surface area (Å²) >= 11 is 0. The number of amides is 1. The first-order valence-electron chi connectivity index (χ1n) is 11.5. The second-order valence-corrected chi connectivity index (χ2v) is 11.4. The van der Waals surface area contributed by atoms with E-state index in [1.165, 1.54) is 0 Å². The van der Waals surface area contributed by atoms with E-state index in [2.05, 4.69) is 15.0 Å². The summed E-state index contributed by atoms with van der Waals surface area (Å²) in [5, 5.41) is 10.5. The van der Waals surface area contributed by atoms with Crippen LogP contribution in [-0.2, 0) is 21.2 Å². The summed E-state index contributed by atoms with van der Waals surface area (Å²) in [6, 6.07) is 15.6. The van der Waals surface area contributed by atoms with E-state index in [0.29, 0.717) is 23.5 Å². The first-order chi connectivity index (χ1) is 16.9. The van der Waals surface area contributed by atoms with E-state index in [0.717, 1.165) is 23.2 Å². The summed E-state index contributed by atoms with van der Waals surface area (Å²) in [6.07, 6.45) is 2.37. The fraction of sp³-hybridized carbons (Fsp3) is 0.269. The molecule has 1 aromatic heterocycles. The molecule has 0 atom stereocenters. The van der Waals surface area contributed by atoms with E-state index in [-0.39, 0.29) is 23.2 Å². The molecule has 0 spiro atoms. The molecule has 1 amide bonds. The van der Waals surface area contributed by atoms with Crippen LogP contribution in [0.4, 0.5) is 11.5 Å². The average molecular weight is 507 g/mol. The van der Waals surface area contributed by atoms with Crippen LogP contribution in [0, 0.1) is 5.41 Å². The van der Waals surface area contributed by atoms with E-state index in [9.17, 15) is 13.2 Å². The predicted molar refractivity (Wildman–Crippen MR) is 142 cm³/mol. The van der Waals surface area contributed by atoms with Crippen LogP contribution in [0.3, 0.4) is 0 Å². The number of nitrogens with two attached hydrogens (primary N) is 1. The number of rotatable bonds is 7. The number of benzene rings is 2. The molecule has 5 N–H and O–H groups in total. The molecule has 188 valence electrons. The molecule has 2 aromatic carbocycles. The van der Waals surface area contributed by atoms with Gasteiger partial charge in [0.25, 0.3) is 0 Å². The van der Waals surface area contributed by atoms with Crippen molar-refractivity contribution in [2.75, 3.05) is 23.3 Å². The Hall–Kier alpha value is -3.76. The topological polar surface area (TPSA) is 141 Å². The Morgan fingerprint density at radius 3 is 2.53 bits per heavy atom. The molecule has 0 saturated carbocycles. The number of aromatic nitrogens is 1. The molecular weight excluding hydrogens is 476 g/mol. The van der Waals surface area contributed by atoms with Crippen molar-refractivity contribution in [2.24, 2.45) is 5.73 Å². The first-order valence-corrected chi connectivity index (χ1v) is 13.0. The van der Waals surface area contributed by atoms with Gasteiger partial charge in [-0.1, -0.05) is 12.1 Å². The van der Waals surface area contributed by atoms with Crippen LogP contribution in [0.15, 0.2) is 65.7 Å². The van der Waals surface area contributed by atoms with Gasteiger partial charge in [0.1, 0.15) is 11.7 Å². The largest absolute Gasteiger partial charge is 0.384 e. The van der Waals surface area contributed by atoms with E-state index in [1.807, 2.05) is 23.1 Å². The molecular formula is C26H30N6O3S. The second-order valence-electron chi connectivity index (χ2n) is 9.76. The monoisotopic (exact) mass is 506 g/mol. The highest BCUT2D eigenvalue weighted by molar-refractivity contribution is 7.89. The van der Waals surface area contributed by atoms with Crippen LogP contribution in [-0.4, -0.2) is 43.8 Å². The Morgan fingerprint density at radius 1 is 1.14 bits per heavy atom. The van der Waals surface area contributed by atoms with Crippen LogP contribution in [0.25, 0.3) is 11.1 Å². The second kappa shape index (κ2) is 9.71. The van der Waals surface area contributed by atoms with Gasteiger partial charge >= 0.3 is 0 Å². The third-order valence-electron chi connectivity index (χ3n) is 5.70. The highest BCUT2D eigenvalue weighted by Gasteiger charge is 2.24. The highest BCUT2D eigenvalue weighted by Crippen LogP contribution is 2.30. The van der Waals surface area contributed by atoms with Gasteiger partial charge in [0.2, 0.25) is 15.9 Å². The average Bonchev–Trinajstić information content (AvgIpc) is 3.20. The zero-order valence-electron chi connectivity index (χ0n) is 20.5. The maximum Gasteiger partial charge on any atom is 0.245 e. The number of carbonyl (C=O) groups excluding carboxylic acids is 1. The molecule has 0 bridgehead atoms. The lowest BCUT2D eigenvalue weighted by Gasteiger charge is -2.20. The first kappa shape index (κ1) is 25.3. The van der Waals surface area contributed by atoms with Gasteiger partial charge in [-0.3, -0.25) is 10.2 Å². The minimum Gasteiger partial charge on any atom is -0.384 e. The zero-order valence-corrected chi connectivity index (χ0v) is 21.3. The Kier molecular flexibility index (Phi) is 6.83. The molecule has 2 heterocycles. The summed E-state index contributed by atoms with van der Waals surface area (Å²) < 4.78 is 27.9. The number of amidine groups is 1. The predicted octanol–water partition coefficient (Wildman–Crippen LogP) is 3.11. The number of pyridine rings is 1. The van der Waals surface area contributed by atoms with Gasteiger partial charge in [0.05, 0.1) is 11.4 Å². The van der Waals surface area contributed by atoms with Crippen LogP contribution >= 0.6 is 0 Å². The van der Waals surface area contributed by atoms with E-state index in [4.69, 9.17) is 11.1 Å². The van der Waals surface area contributed by atoms with E-state index in [1.54, 1.807) is 63.4 Å². The van der Waals surface area contributed by atoms with Crippen LogP contribution in [0.1, 0.15) is 31.9 Å². The number of nitrogens with zero attached hydrogens (tertiary/aromatic N) is 2. The minimum absolute atomic E-state index is 0.0211. The number of fused-ring (bicyclic) bond motifs is 1. The molecule has 36 heavy (non-hydrogen) atoms. The number of hydrogen-bond donors (Lipinski definition) is 4. The molecule has 10 heteroatoms. The van der Waals surface area contributed by atoms with Gasteiger partial charge in [-0.2, -0.15) is 0 Å². The van der Waals surface area contributed by atoms with Crippen molar-refractivity contribution in [1.82, 2.24) is 9.71 Å².